The van der Waals surface area contributed by atoms with Crippen molar-refractivity contribution in [2.75, 3.05) is 18.1 Å². The molecule has 2 fully saturated rings. The minimum absolute atomic E-state index is 0.105. The first-order chi connectivity index (χ1) is 13.4. The van der Waals surface area contributed by atoms with Gasteiger partial charge >= 0.3 is 5.97 Å². The van der Waals surface area contributed by atoms with Crippen LogP contribution in [-0.4, -0.2) is 63.1 Å². The Morgan fingerprint density at radius 1 is 1.41 bits per heavy atom. The molecule has 1 amide bonds. The van der Waals surface area contributed by atoms with Crippen molar-refractivity contribution in [1.29, 1.82) is 0 Å². The standard InChI is InChI=1S/C18H29NO5S4Si/c1-18(2,3)29(4,5)24-8-6-12-14(20)19-13(16(21)22)17(27-26-15(12)19)25-11-7-9-28(23)10-11/h11-12,15H,6-10H2,1-5H3,(H,21,22)/t11-,12-,15+,28+/m0/s1. The van der Waals surface area contributed by atoms with Crippen molar-refractivity contribution in [2.45, 2.75) is 62.4 Å². The van der Waals surface area contributed by atoms with E-state index in [0.29, 0.717) is 28.8 Å². The van der Waals surface area contributed by atoms with Gasteiger partial charge in [-0.25, -0.2) is 4.79 Å². The molecule has 3 aliphatic rings. The zero-order valence-corrected chi connectivity index (χ0v) is 21.7. The Hall–Kier alpha value is 0.0569. The van der Waals surface area contributed by atoms with E-state index < -0.39 is 25.1 Å². The van der Waals surface area contributed by atoms with Crippen LogP contribution in [0.15, 0.2) is 9.93 Å². The molecule has 6 nitrogen and oxygen atoms in total. The number of hydrogen-bond acceptors (Lipinski definition) is 7. The lowest BCUT2D eigenvalue weighted by Crippen LogP contribution is -2.60. The number of carbonyl (C=O) groups is 2. The Labute approximate surface area is 188 Å². The van der Waals surface area contributed by atoms with E-state index in [1.807, 2.05) is 0 Å². The van der Waals surface area contributed by atoms with Gasteiger partial charge in [0.2, 0.25) is 5.91 Å². The first kappa shape index (κ1) is 23.7. The van der Waals surface area contributed by atoms with Crippen LogP contribution in [0.2, 0.25) is 18.1 Å². The summed E-state index contributed by atoms with van der Waals surface area (Å²) in [4.78, 5) is 26.2. The number of amides is 1. The lowest BCUT2D eigenvalue weighted by Gasteiger charge is -2.49. The topological polar surface area (TPSA) is 83.9 Å². The van der Waals surface area contributed by atoms with Gasteiger partial charge in [-0.15, -0.1) is 11.8 Å². The van der Waals surface area contributed by atoms with Gasteiger partial charge < -0.3 is 9.53 Å². The number of nitrogens with zero attached hydrogens (tertiary/aromatic N) is 1. The maximum Gasteiger partial charge on any atom is 0.354 e. The van der Waals surface area contributed by atoms with Crippen LogP contribution in [0.3, 0.4) is 0 Å². The summed E-state index contributed by atoms with van der Waals surface area (Å²) in [7, 11) is 0.342. The lowest BCUT2D eigenvalue weighted by molar-refractivity contribution is -0.152. The van der Waals surface area contributed by atoms with E-state index in [1.165, 1.54) is 27.5 Å². The number of thioether (sulfide) groups is 1. The average molecular weight is 496 g/mol. The minimum atomic E-state index is -1.86. The molecule has 29 heavy (non-hydrogen) atoms. The van der Waals surface area contributed by atoms with Gasteiger partial charge in [-0.2, -0.15) is 0 Å². The molecule has 3 rings (SSSR count). The van der Waals surface area contributed by atoms with Gasteiger partial charge in [0, 0.05) is 34.2 Å². The number of carbonyl (C=O) groups excluding carboxylic acids is 1. The number of hydrogen-bond donors (Lipinski definition) is 1. The third kappa shape index (κ3) is 4.95. The zero-order valence-electron chi connectivity index (χ0n) is 17.4. The highest BCUT2D eigenvalue weighted by molar-refractivity contribution is 8.80. The second-order valence-corrected chi connectivity index (χ2v) is 19.4. The first-order valence-corrected chi connectivity index (χ1v) is 17.2. The van der Waals surface area contributed by atoms with Crippen molar-refractivity contribution in [3.63, 3.8) is 0 Å². The summed E-state index contributed by atoms with van der Waals surface area (Å²) in [6, 6.07) is 0. The van der Waals surface area contributed by atoms with E-state index in [2.05, 4.69) is 33.9 Å². The number of fused-ring (bicyclic) bond motifs is 1. The van der Waals surface area contributed by atoms with Gasteiger partial charge in [-0.1, -0.05) is 31.6 Å². The molecule has 1 N–H and O–H groups in total. The van der Waals surface area contributed by atoms with Crippen LogP contribution in [0.4, 0.5) is 0 Å². The molecule has 0 aliphatic carbocycles. The summed E-state index contributed by atoms with van der Waals surface area (Å²) < 4.78 is 18.5. The number of β-lactam (4-membered cyclic amide) rings is 1. The van der Waals surface area contributed by atoms with Crippen LogP contribution in [0, 0.1) is 5.92 Å². The van der Waals surface area contributed by atoms with Crippen molar-refractivity contribution in [3.8, 4) is 0 Å². The SMILES string of the molecule is CC(C)(C)[Si](C)(C)OCC[C@H]1C(=O)N2C(C(=O)O)=C(S[C@H]3CC[S@@](=O)C3)SS[C@H]12. The maximum atomic E-state index is 12.8. The quantitative estimate of drug-likeness (QED) is 0.321. The summed E-state index contributed by atoms with van der Waals surface area (Å²) >= 11 is 1.47. The fourth-order valence-electron chi connectivity index (χ4n) is 3.17. The van der Waals surface area contributed by atoms with Crippen LogP contribution in [0.25, 0.3) is 0 Å². The molecule has 4 atom stereocenters. The molecule has 0 bridgehead atoms. The van der Waals surface area contributed by atoms with Gasteiger partial charge in [0.15, 0.2) is 14.0 Å². The molecule has 2 saturated heterocycles. The van der Waals surface area contributed by atoms with Gasteiger partial charge in [-0.3, -0.25) is 13.9 Å². The number of carboxylic acid groups (broad SMARTS) is 1. The molecule has 11 heteroatoms. The Kier molecular flexibility index (Phi) is 7.27. The van der Waals surface area contributed by atoms with E-state index in [1.54, 1.807) is 10.8 Å². The molecule has 0 aromatic carbocycles. The van der Waals surface area contributed by atoms with Crippen molar-refractivity contribution in [3.05, 3.63) is 9.93 Å². The maximum absolute atomic E-state index is 12.8. The molecular formula is C18H29NO5S4Si. The highest BCUT2D eigenvalue weighted by Crippen LogP contribution is 2.56. The van der Waals surface area contributed by atoms with E-state index in [0.717, 1.165) is 6.42 Å². The third-order valence-electron chi connectivity index (χ3n) is 6.02. The van der Waals surface area contributed by atoms with Crippen molar-refractivity contribution < 1.29 is 23.3 Å². The molecule has 0 aromatic heterocycles. The number of aliphatic carboxylic acids is 1. The van der Waals surface area contributed by atoms with Crippen LogP contribution >= 0.6 is 33.3 Å². The number of rotatable bonds is 7. The highest BCUT2D eigenvalue weighted by atomic mass is 33.1. The minimum Gasteiger partial charge on any atom is -0.477 e. The first-order valence-electron chi connectivity index (χ1n) is 9.72. The van der Waals surface area contributed by atoms with Crippen LogP contribution in [0.5, 0.6) is 0 Å². The summed E-state index contributed by atoms with van der Waals surface area (Å²) in [5, 5.41) is 9.90. The van der Waals surface area contributed by atoms with Gasteiger partial charge in [0.1, 0.15) is 5.37 Å². The average Bonchev–Trinajstić information content (AvgIpc) is 3.01. The van der Waals surface area contributed by atoms with E-state index in [-0.39, 0.29) is 33.2 Å². The Morgan fingerprint density at radius 2 is 2.10 bits per heavy atom. The van der Waals surface area contributed by atoms with Gasteiger partial charge in [0.25, 0.3) is 0 Å². The molecular weight excluding hydrogens is 467 g/mol. The van der Waals surface area contributed by atoms with Crippen LogP contribution in [0.1, 0.15) is 33.6 Å². The summed E-state index contributed by atoms with van der Waals surface area (Å²) in [5.74, 6) is -0.109. The Balaban J connectivity index is 1.64. The van der Waals surface area contributed by atoms with Crippen molar-refractivity contribution in [1.82, 2.24) is 4.90 Å². The molecule has 0 saturated carbocycles. The predicted octanol–water partition coefficient (Wildman–Crippen LogP) is 4.09. The predicted molar refractivity (Wildman–Crippen MR) is 126 cm³/mol. The fourth-order valence-corrected chi connectivity index (χ4v) is 11.1. The van der Waals surface area contributed by atoms with E-state index in [9.17, 15) is 18.9 Å². The Morgan fingerprint density at radius 3 is 2.66 bits per heavy atom. The van der Waals surface area contributed by atoms with Gasteiger partial charge in [0.05, 0.1) is 10.2 Å². The molecule has 0 radical (unpaired) electrons. The van der Waals surface area contributed by atoms with Crippen molar-refractivity contribution in [2.24, 2.45) is 5.92 Å². The summed E-state index contributed by atoms with van der Waals surface area (Å²) in [6.07, 6.45) is 1.45. The lowest BCUT2D eigenvalue weighted by atomic mass is 9.94. The van der Waals surface area contributed by atoms with Crippen molar-refractivity contribution >= 4 is 64.3 Å². The zero-order chi connectivity index (χ0) is 21.6. The smallest absolute Gasteiger partial charge is 0.354 e. The molecule has 0 unspecified atom stereocenters. The van der Waals surface area contributed by atoms with Gasteiger partial charge in [-0.05, 0) is 41.8 Å². The molecule has 3 heterocycles. The van der Waals surface area contributed by atoms with Crippen LogP contribution < -0.4 is 0 Å². The second kappa shape index (κ2) is 8.89. The third-order valence-corrected chi connectivity index (χ3v) is 16.8. The summed E-state index contributed by atoms with van der Waals surface area (Å²) in [6.45, 7) is 11.5. The normalized spacial score (nSPS) is 30.4. The molecule has 3 aliphatic heterocycles. The fraction of sp³-hybridized carbons (Fsp3) is 0.778. The molecule has 0 spiro atoms. The number of carboxylic acids is 1. The largest absolute Gasteiger partial charge is 0.477 e. The van der Waals surface area contributed by atoms with Crippen LogP contribution in [-0.2, 0) is 24.8 Å². The Bertz CT molecular complexity index is 751. The monoisotopic (exact) mass is 495 g/mol. The molecule has 0 aromatic rings. The van der Waals surface area contributed by atoms with E-state index in [4.69, 9.17) is 4.43 Å². The molecule has 164 valence electrons. The summed E-state index contributed by atoms with van der Waals surface area (Å²) in [5.41, 5.74) is 0.105. The second-order valence-electron chi connectivity index (χ2n) is 9.06. The highest BCUT2D eigenvalue weighted by Gasteiger charge is 2.54. The van der Waals surface area contributed by atoms with E-state index >= 15 is 0 Å².